The summed E-state index contributed by atoms with van der Waals surface area (Å²) in [5.74, 6) is 0.154. The van der Waals surface area contributed by atoms with E-state index in [4.69, 9.17) is 5.73 Å². The van der Waals surface area contributed by atoms with Crippen molar-refractivity contribution in [2.45, 2.75) is 19.8 Å². The predicted octanol–water partition coefficient (Wildman–Crippen LogP) is 1.68. The highest BCUT2D eigenvalue weighted by Gasteiger charge is 2.07. The van der Waals surface area contributed by atoms with Crippen molar-refractivity contribution >= 4 is 11.6 Å². The van der Waals surface area contributed by atoms with Gasteiger partial charge >= 0.3 is 0 Å². The molecule has 15 heavy (non-hydrogen) atoms. The number of nitrogens with two attached hydrogens (primary N) is 1. The summed E-state index contributed by atoms with van der Waals surface area (Å²) in [6, 6.07) is 7.44. The summed E-state index contributed by atoms with van der Waals surface area (Å²) in [6.07, 6.45) is 1.45. The molecular formula is C12H18N2O. The molecule has 0 saturated carbocycles. The Kier molecular flexibility index (Phi) is 4.16. The third-order valence-electron chi connectivity index (χ3n) is 2.32. The Morgan fingerprint density at radius 3 is 2.47 bits per heavy atom. The lowest BCUT2D eigenvalue weighted by Gasteiger charge is -2.15. The van der Waals surface area contributed by atoms with Crippen LogP contribution in [0.2, 0.25) is 0 Å². The van der Waals surface area contributed by atoms with Crippen LogP contribution in [0.3, 0.4) is 0 Å². The van der Waals surface area contributed by atoms with Crippen LogP contribution < -0.4 is 5.73 Å². The standard InChI is InChI=1S/C12H18N2O/c1-3-8-14(2)12(15)9-10-4-6-11(13)7-5-10/h4-7H,3,8-9,13H2,1-2H3. The van der Waals surface area contributed by atoms with Gasteiger partial charge in [0.15, 0.2) is 0 Å². The summed E-state index contributed by atoms with van der Waals surface area (Å²) in [5, 5.41) is 0. The molecule has 0 fully saturated rings. The third-order valence-corrected chi connectivity index (χ3v) is 2.32. The first kappa shape index (κ1) is 11.6. The summed E-state index contributed by atoms with van der Waals surface area (Å²) in [4.78, 5) is 13.4. The average Bonchev–Trinajstić information content (AvgIpc) is 2.22. The first-order chi connectivity index (χ1) is 7.13. The van der Waals surface area contributed by atoms with Crippen LogP contribution >= 0.6 is 0 Å². The molecule has 3 nitrogen and oxygen atoms in total. The quantitative estimate of drug-likeness (QED) is 0.762. The molecule has 82 valence electrons. The molecule has 0 saturated heterocycles. The highest BCUT2D eigenvalue weighted by molar-refractivity contribution is 5.78. The van der Waals surface area contributed by atoms with Gasteiger partial charge in [-0.25, -0.2) is 0 Å². The lowest BCUT2D eigenvalue weighted by atomic mass is 10.1. The number of benzene rings is 1. The molecule has 0 aromatic heterocycles. The van der Waals surface area contributed by atoms with Gasteiger partial charge in [0.05, 0.1) is 6.42 Å². The second-order valence-electron chi connectivity index (χ2n) is 3.73. The van der Waals surface area contributed by atoms with E-state index >= 15 is 0 Å². The van der Waals surface area contributed by atoms with E-state index < -0.39 is 0 Å². The lowest BCUT2D eigenvalue weighted by molar-refractivity contribution is -0.129. The number of hydrogen-bond donors (Lipinski definition) is 1. The van der Waals surface area contributed by atoms with Crippen LogP contribution in [0.25, 0.3) is 0 Å². The molecule has 0 unspecified atom stereocenters. The van der Waals surface area contributed by atoms with Crippen LogP contribution in [0.15, 0.2) is 24.3 Å². The molecular weight excluding hydrogens is 188 g/mol. The van der Waals surface area contributed by atoms with Crippen molar-refractivity contribution in [1.29, 1.82) is 0 Å². The molecule has 0 aliphatic carbocycles. The van der Waals surface area contributed by atoms with Crippen molar-refractivity contribution in [3.8, 4) is 0 Å². The van der Waals surface area contributed by atoms with Crippen LogP contribution in [0.5, 0.6) is 0 Å². The van der Waals surface area contributed by atoms with E-state index in [9.17, 15) is 4.79 Å². The van der Waals surface area contributed by atoms with Crippen LogP contribution in [-0.2, 0) is 11.2 Å². The molecule has 0 aliphatic heterocycles. The smallest absolute Gasteiger partial charge is 0.226 e. The minimum absolute atomic E-state index is 0.154. The Labute approximate surface area is 90.9 Å². The number of carbonyl (C=O) groups excluding carboxylic acids is 1. The number of rotatable bonds is 4. The monoisotopic (exact) mass is 206 g/mol. The summed E-state index contributed by atoms with van der Waals surface area (Å²) in [5.41, 5.74) is 7.31. The van der Waals surface area contributed by atoms with Crippen molar-refractivity contribution in [3.63, 3.8) is 0 Å². The maximum atomic E-state index is 11.7. The zero-order valence-corrected chi connectivity index (χ0v) is 9.36. The number of hydrogen-bond acceptors (Lipinski definition) is 2. The van der Waals surface area contributed by atoms with Gasteiger partial charge in [-0.3, -0.25) is 4.79 Å². The Bertz CT molecular complexity index is 319. The molecule has 1 aromatic carbocycles. The summed E-state index contributed by atoms with van der Waals surface area (Å²) < 4.78 is 0. The molecule has 1 rings (SSSR count). The predicted molar refractivity (Wildman–Crippen MR) is 62.5 cm³/mol. The van der Waals surface area contributed by atoms with Crippen LogP contribution in [0, 0.1) is 0 Å². The molecule has 0 aliphatic rings. The van der Waals surface area contributed by atoms with Crippen molar-refractivity contribution in [2.24, 2.45) is 0 Å². The number of nitrogen functional groups attached to an aromatic ring is 1. The van der Waals surface area contributed by atoms with Gasteiger partial charge in [0.2, 0.25) is 5.91 Å². The summed E-state index contributed by atoms with van der Waals surface area (Å²) >= 11 is 0. The molecule has 1 aromatic rings. The number of likely N-dealkylation sites (N-methyl/N-ethyl adjacent to an activating group) is 1. The van der Waals surface area contributed by atoms with Gasteiger partial charge in [0.25, 0.3) is 0 Å². The van der Waals surface area contributed by atoms with Crippen LogP contribution in [0.1, 0.15) is 18.9 Å². The first-order valence-electron chi connectivity index (χ1n) is 5.22. The van der Waals surface area contributed by atoms with E-state index in [-0.39, 0.29) is 5.91 Å². The summed E-state index contributed by atoms with van der Waals surface area (Å²) in [7, 11) is 1.84. The normalized spacial score (nSPS) is 10.0. The van der Waals surface area contributed by atoms with E-state index in [1.54, 1.807) is 4.90 Å². The summed E-state index contributed by atoms with van der Waals surface area (Å²) in [6.45, 7) is 2.88. The van der Waals surface area contributed by atoms with Gasteiger partial charge in [0, 0.05) is 19.3 Å². The molecule has 1 amide bonds. The topological polar surface area (TPSA) is 46.3 Å². The van der Waals surface area contributed by atoms with Gasteiger partial charge in [-0.1, -0.05) is 19.1 Å². The molecule has 0 atom stereocenters. The van der Waals surface area contributed by atoms with Crippen molar-refractivity contribution in [3.05, 3.63) is 29.8 Å². The van der Waals surface area contributed by atoms with Gasteiger partial charge in [-0.15, -0.1) is 0 Å². The van der Waals surface area contributed by atoms with Crippen molar-refractivity contribution in [2.75, 3.05) is 19.3 Å². The lowest BCUT2D eigenvalue weighted by Crippen LogP contribution is -2.28. The molecule has 0 heterocycles. The maximum Gasteiger partial charge on any atom is 0.226 e. The van der Waals surface area contributed by atoms with Gasteiger partial charge in [-0.05, 0) is 24.1 Å². The molecule has 0 radical (unpaired) electrons. The van der Waals surface area contributed by atoms with Crippen molar-refractivity contribution < 1.29 is 4.79 Å². The fourth-order valence-electron chi connectivity index (χ4n) is 1.41. The average molecular weight is 206 g/mol. The van der Waals surface area contributed by atoms with E-state index in [1.807, 2.05) is 31.3 Å². The maximum absolute atomic E-state index is 11.7. The molecule has 0 bridgehead atoms. The Hall–Kier alpha value is -1.51. The molecule has 3 heteroatoms. The Morgan fingerprint density at radius 1 is 1.33 bits per heavy atom. The largest absolute Gasteiger partial charge is 0.399 e. The number of carbonyl (C=O) groups is 1. The Balaban J connectivity index is 2.54. The fourth-order valence-corrected chi connectivity index (χ4v) is 1.41. The van der Waals surface area contributed by atoms with E-state index in [0.717, 1.165) is 24.2 Å². The highest BCUT2D eigenvalue weighted by Crippen LogP contribution is 2.07. The van der Waals surface area contributed by atoms with E-state index in [2.05, 4.69) is 6.92 Å². The molecule has 2 N–H and O–H groups in total. The minimum Gasteiger partial charge on any atom is -0.399 e. The number of anilines is 1. The molecule has 0 spiro atoms. The van der Waals surface area contributed by atoms with E-state index in [0.29, 0.717) is 6.42 Å². The number of nitrogens with zero attached hydrogens (tertiary/aromatic N) is 1. The van der Waals surface area contributed by atoms with Gasteiger partial charge < -0.3 is 10.6 Å². The van der Waals surface area contributed by atoms with Crippen LogP contribution in [0.4, 0.5) is 5.69 Å². The fraction of sp³-hybridized carbons (Fsp3) is 0.417. The zero-order valence-electron chi connectivity index (χ0n) is 9.36. The number of amides is 1. The minimum atomic E-state index is 0.154. The highest BCUT2D eigenvalue weighted by atomic mass is 16.2. The SMILES string of the molecule is CCCN(C)C(=O)Cc1ccc(N)cc1. The second kappa shape index (κ2) is 5.39. The third kappa shape index (κ3) is 3.62. The second-order valence-corrected chi connectivity index (χ2v) is 3.73. The van der Waals surface area contributed by atoms with Gasteiger partial charge in [0.1, 0.15) is 0 Å². The van der Waals surface area contributed by atoms with E-state index in [1.165, 1.54) is 0 Å². The van der Waals surface area contributed by atoms with Crippen molar-refractivity contribution in [1.82, 2.24) is 4.90 Å². The zero-order chi connectivity index (χ0) is 11.3. The Morgan fingerprint density at radius 2 is 1.93 bits per heavy atom. The van der Waals surface area contributed by atoms with Gasteiger partial charge in [-0.2, -0.15) is 0 Å². The first-order valence-corrected chi connectivity index (χ1v) is 5.22. The van der Waals surface area contributed by atoms with Crippen LogP contribution in [-0.4, -0.2) is 24.4 Å².